The van der Waals surface area contributed by atoms with E-state index in [1.54, 1.807) is 13.0 Å². The summed E-state index contributed by atoms with van der Waals surface area (Å²) in [5.41, 5.74) is 0. The molecule has 0 amide bonds. The standard InChI is InChI=1S/C7H14O.C5H8O/c1-4-6(2)5-7(3)8;1-3-4-5(2)6/h6H,4-5H2,1-3H3;3-4H,1-2H3/b;4-3+. The van der Waals surface area contributed by atoms with Crippen molar-refractivity contribution in [2.24, 2.45) is 5.92 Å². The van der Waals surface area contributed by atoms with Crippen LogP contribution < -0.4 is 0 Å². The zero-order chi connectivity index (χ0) is 11.6. The summed E-state index contributed by atoms with van der Waals surface area (Å²) in [6.45, 7) is 9.20. The number of allylic oxidation sites excluding steroid dienone is 2. The Morgan fingerprint density at radius 3 is 1.86 bits per heavy atom. The van der Waals surface area contributed by atoms with Gasteiger partial charge in [-0.3, -0.25) is 4.79 Å². The first kappa shape index (κ1) is 15.5. The van der Waals surface area contributed by atoms with Gasteiger partial charge in [-0.1, -0.05) is 26.3 Å². The van der Waals surface area contributed by atoms with E-state index < -0.39 is 0 Å². The van der Waals surface area contributed by atoms with Crippen molar-refractivity contribution in [3.05, 3.63) is 12.2 Å². The van der Waals surface area contributed by atoms with Crippen molar-refractivity contribution < 1.29 is 9.59 Å². The molecule has 0 radical (unpaired) electrons. The normalized spacial score (nSPS) is 11.8. The quantitative estimate of drug-likeness (QED) is 0.650. The lowest BCUT2D eigenvalue weighted by molar-refractivity contribution is -0.117. The molecule has 14 heavy (non-hydrogen) atoms. The molecule has 0 aromatic heterocycles. The fraction of sp³-hybridized carbons (Fsp3) is 0.667. The predicted octanol–water partition coefficient (Wildman–Crippen LogP) is 3.16. The lowest BCUT2D eigenvalue weighted by Crippen LogP contribution is -1.98. The number of rotatable bonds is 4. The van der Waals surface area contributed by atoms with Gasteiger partial charge in [0.15, 0.2) is 5.78 Å². The minimum absolute atomic E-state index is 0.109. The second kappa shape index (κ2) is 10.2. The molecule has 0 aliphatic carbocycles. The third-order valence-electron chi connectivity index (χ3n) is 1.73. The summed E-state index contributed by atoms with van der Waals surface area (Å²) in [4.78, 5) is 20.4. The highest BCUT2D eigenvalue weighted by Crippen LogP contribution is 2.05. The highest BCUT2D eigenvalue weighted by molar-refractivity contribution is 5.87. The molecule has 0 bridgehead atoms. The molecule has 0 rings (SSSR count). The Morgan fingerprint density at radius 1 is 1.29 bits per heavy atom. The summed E-state index contributed by atoms with van der Waals surface area (Å²) >= 11 is 0. The molecule has 0 fully saturated rings. The maximum absolute atomic E-state index is 10.4. The molecule has 0 aliphatic heterocycles. The molecule has 0 saturated carbocycles. The van der Waals surface area contributed by atoms with Gasteiger partial charge in [-0.2, -0.15) is 0 Å². The second-order valence-corrected chi connectivity index (χ2v) is 3.53. The van der Waals surface area contributed by atoms with E-state index in [-0.39, 0.29) is 5.78 Å². The molecule has 0 saturated heterocycles. The van der Waals surface area contributed by atoms with E-state index in [1.807, 2.05) is 6.92 Å². The van der Waals surface area contributed by atoms with Gasteiger partial charge in [-0.05, 0) is 32.8 Å². The van der Waals surface area contributed by atoms with Crippen LogP contribution in [-0.2, 0) is 9.59 Å². The molecule has 0 aliphatic rings. The molecule has 1 unspecified atom stereocenters. The van der Waals surface area contributed by atoms with Crippen molar-refractivity contribution in [3.8, 4) is 0 Å². The average Bonchev–Trinajstić information content (AvgIpc) is 2.03. The van der Waals surface area contributed by atoms with Crippen molar-refractivity contribution in [1.29, 1.82) is 0 Å². The van der Waals surface area contributed by atoms with Crippen LogP contribution in [0, 0.1) is 5.92 Å². The van der Waals surface area contributed by atoms with Gasteiger partial charge in [0.2, 0.25) is 0 Å². The minimum atomic E-state index is 0.109. The van der Waals surface area contributed by atoms with Crippen molar-refractivity contribution in [2.75, 3.05) is 0 Å². The highest BCUT2D eigenvalue weighted by Gasteiger charge is 2.00. The third kappa shape index (κ3) is 17.2. The summed E-state index contributed by atoms with van der Waals surface area (Å²) in [5.74, 6) is 0.990. The average molecular weight is 198 g/mol. The van der Waals surface area contributed by atoms with Crippen LogP contribution in [0.5, 0.6) is 0 Å². The minimum Gasteiger partial charge on any atom is -0.300 e. The zero-order valence-electron chi connectivity index (χ0n) is 9.96. The number of carbonyl (C=O) groups excluding carboxylic acids is 2. The first-order chi connectivity index (χ1) is 6.43. The van der Waals surface area contributed by atoms with Crippen LogP contribution in [-0.4, -0.2) is 11.6 Å². The number of Topliss-reactive ketones (excluding diaryl/α,β-unsaturated/α-hetero) is 1. The Morgan fingerprint density at radius 2 is 1.79 bits per heavy atom. The van der Waals surface area contributed by atoms with E-state index in [0.717, 1.165) is 12.8 Å². The SMILES string of the molecule is C/C=C/C(C)=O.CCC(C)CC(C)=O. The van der Waals surface area contributed by atoms with Crippen LogP contribution in [0.25, 0.3) is 0 Å². The van der Waals surface area contributed by atoms with Gasteiger partial charge in [0.05, 0.1) is 0 Å². The molecular weight excluding hydrogens is 176 g/mol. The van der Waals surface area contributed by atoms with Crippen LogP contribution in [0.3, 0.4) is 0 Å². The number of hydrogen-bond acceptors (Lipinski definition) is 2. The number of ketones is 2. The largest absolute Gasteiger partial charge is 0.300 e. The van der Waals surface area contributed by atoms with Crippen LogP contribution in [0.4, 0.5) is 0 Å². The Hall–Kier alpha value is -0.920. The highest BCUT2D eigenvalue weighted by atomic mass is 16.1. The van der Waals surface area contributed by atoms with E-state index in [9.17, 15) is 9.59 Å². The van der Waals surface area contributed by atoms with Crippen molar-refractivity contribution >= 4 is 11.6 Å². The lowest BCUT2D eigenvalue weighted by atomic mass is 10.0. The Kier molecular flexibility index (Phi) is 11.3. The Balaban J connectivity index is 0. The maximum Gasteiger partial charge on any atom is 0.152 e. The summed E-state index contributed by atoms with van der Waals surface area (Å²) in [6, 6.07) is 0. The van der Waals surface area contributed by atoms with Gasteiger partial charge >= 0.3 is 0 Å². The van der Waals surface area contributed by atoms with E-state index in [0.29, 0.717) is 11.7 Å². The van der Waals surface area contributed by atoms with Crippen LogP contribution in [0.2, 0.25) is 0 Å². The summed E-state index contributed by atoms with van der Waals surface area (Å²) in [7, 11) is 0. The van der Waals surface area contributed by atoms with Gasteiger partial charge in [-0.25, -0.2) is 0 Å². The molecule has 0 heterocycles. The topological polar surface area (TPSA) is 34.1 Å². The molecule has 1 atom stereocenters. The predicted molar refractivity (Wildman–Crippen MR) is 60.2 cm³/mol. The second-order valence-electron chi connectivity index (χ2n) is 3.53. The molecule has 0 aromatic rings. The van der Waals surface area contributed by atoms with Gasteiger partial charge < -0.3 is 4.79 Å². The Labute approximate surface area is 87.4 Å². The van der Waals surface area contributed by atoms with Crippen molar-refractivity contribution in [2.45, 2.75) is 47.5 Å². The molecular formula is C12H22O2. The summed E-state index contributed by atoms with van der Waals surface area (Å²) in [6.07, 6.45) is 5.11. The fourth-order valence-electron chi connectivity index (χ4n) is 0.870. The van der Waals surface area contributed by atoms with E-state index >= 15 is 0 Å². The molecule has 0 spiro atoms. The first-order valence-electron chi connectivity index (χ1n) is 5.06. The van der Waals surface area contributed by atoms with Gasteiger partial charge in [0, 0.05) is 6.42 Å². The summed E-state index contributed by atoms with van der Waals surface area (Å²) < 4.78 is 0. The van der Waals surface area contributed by atoms with E-state index in [2.05, 4.69) is 13.8 Å². The molecule has 2 heteroatoms. The third-order valence-corrected chi connectivity index (χ3v) is 1.73. The zero-order valence-corrected chi connectivity index (χ0v) is 9.96. The van der Waals surface area contributed by atoms with Crippen LogP contribution >= 0.6 is 0 Å². The fourth-order valence-corrected chi connectivity index (χ4v) is 0.870. The number of hydrogen-bond donors (Lipinski definition) is 0. The van der Waals surface area contributed by atoms with Crippen molar-refractivity contribution in [3.63, 3.8) is 0 Å². The Bertz CT molecular complexity index is 192. The molecule has 0 aromatic carbocycles. The van der Waals surface area contributed by atoms with E-state index in [1.165, 1.54) is 13.0 Å². The van der Waals surface area contributed by atoms with E-state index in [4.69, 9.17) is 0 Å². The molecule has 82 valence electrons. The lowest BCUT2D eigenvalue weighted by Gasteiger charge is -2.01. The smallest absolute Gasteiger partial charge is 0.152 e. The van der Waals surface area contributed by atoms with Gasteiger partial charge in [-0.15, -0.1) is 0 Å². The number of carbonyl (C=O) groups is 2. The maximum atomic E-state index is 10.4. The monoisotopic (exact) mass is 198 g/mol. The van der Waals surface area contributed by atoms with Crippen LogP contribution in [0.15, 0.2) is 12.2 Å². The first-order valence-corrected chi connectivity index (χ1v) is 5.06. The summed E-state index contributed by atoms with van der Waals surface area (Å²) in [5, 5.41) is 0. The molecule has 0 N–H and O–H groups in total. The van der Waals surface area contributed by atoms with Crippen molar-refractivity contribution in [1.82, 2.24) is 0 Å². The van der Waals surface area contributed by atoms with Gasteiger partial charge in [0.1, 0.15) is 5.78 Å². The van der Waals surface area contributed by atoms with Crippen LogP contribution in [0.1, 0.15) is 47.5 Å². The molecule has 2 nitrogen and oxygen atoms in total. The van der Waals surface area contributed by atoms with Gasteiger partial charge in [0.25, 0.3) is 0 Å².